The Bertz CT molecular complexity index is 1030. The molecule has 0 bridgehead atoms. The minimum atomic E-state index is -3.08. The fourth-order valence-corrected chi connectivity index (χ4v) is 6.75. The Morgan fingerprint density at radius 2 is 1.89 bits per heavy atom. The van der Waals surface area contributed by atoms with Crippen molar-refractivity contribution in [3.05, 3.63) is 63.1 Å². The van der Waals surface area contributed by atoms with Crippen LogP contribution in [0.25, 0.3) is 0 Å². The van der Waals surface area contributed by atoms with Gasteiger partial charge in [0.2, 0.25) is 0 Å². The highest BCUT2D eigenvalue weighted by molar-refractivity contribution is 8.13. The van der Waals surface area contributed by atoms with Crippen LogP contribution in [0.15, 0.2) is 47.5 Å². The fourth-order valence-electron chi connectivity index (χ4n) is 3.34. The predicted molar refractivity (Wildman–Crippen MR) is 115 cm³/mol. The van der Waals surface area contributed by atoms with Crippen LogP contribution >= 0.6 is 46.6 Å². The molecular weight excluding hydrogens is 447 g/mol. The number of benzene rings is 2. The van der Waals surface area contributed by atoms with Crippen LogP contribution in [0.4, 0.5) is 5.69 Å². The maximum absolute atomic E-state index is 12.1. The Labute approximate surface area is 177 Å². The molecule has 27 heavy (non-hydrogen) atoms. The molecule has 2 aromatic carbocycles. The van der Waals surface area contributed by atoms with E-state index < -0.39 is 9.84 Å². The van der Waals surface area contributed by atoms with Gasteiger partial charge in [0.25, 0.3) is 0 Å². The van der Waals surface area contributed by atoms with Gasteiger partial charge in [0, 0.05) is 16.5 Å². The van der Waals surface area contributed by atoms with Crippen molar-refractivity contribution in [2.24, 2.45) is 4.99 Å². The first-order valence-corrected chi connectivity index (χ1v) is 12.2. The summed E-state index contributed by atoms with van der Waals surface area (Å²) in [6.07, 6.45) is 0. The van der Waals surface area contributed by atoms with E-state index in [0.717, 1.165) is 16.4 Å². The number of aliphatic imine (C=N–C) groups is 1. The van der Waals surface area contributed by atoms with E-state index in [4.69, 9.17) is 39.8 Å². The van der Waals surface area contributed by atoms with E-state index in [-0.39, 0.29) is 23.6 Å². The van der Waals surface area contributed by atoms with Crippen LogP contribution in [0.1, 0.15) is 5.56 Å². The molecule has 9 heteroatoms. The summed E-state index contributed by atoms with van der Waals surface area (Å²) in [5, 5.41) is 2.43. The minimum Gasteiger partial charge on any atom is -0.315 e. The maximum Gasteiger partial charge on any atom is 0.164 e. The summed E-state index contributed by atoms with van der Waals surface area (Å²) in [6, 6.07) is 12.5. The van der Waals surface area contributed by atoms with Crippen LogP contribution in [0.3, 0.4) is 0 Å². The van der Waals surface area contributed by atoms with E-state index in [1.165, 1.54) is 0 Å². The smallest absolute Gasteiger partial charge is 0.164 e. The standard InChI is InChI=1S/C18H15Cl3N2O2S2/c19-12-2-1-3-13(7-12)23-17-10-27(24,25)9-16(17)22-18(23)26-8-11-4-5-14(20)15(21)6-11/h1-7,16-17H,8-10H2/t16-,17+/m0/s1. The van der Waals surface area contributed by atoms with Gasteiger partial charge in [0.15, 0.2) is 15.0 Å². The lowest BCUT2D eigenvalue weighted by atomic mass is 10.1. The Kier molecular flexibility index (Phi) is 5.38. The average Bonchev–Trinajstić information content (AvgIpc) is 3.07. The van der Waals surface area contributed by atoms with Gasteiger partial charge in [-0.25, -0.2) is 8.42 Å². The van der Waals surface area contributed by atoms with Gasteiger partial charge in [-0.05, 0) is 35.9 Å². The monoisotopic (exact) mass is 460 g/mol. The third-order valence-electron chi connectivity index (χ3n) is 4.55. The summed E-state index contributed by atoms with van der Waals surface area (Å²) >= 11 is 19.8. The fraction of sp³-hybridized carbons (Fsp3) is 0.278. The molecule has 0 N–H and O–H groups in total. The number of fused-ring (bicyclic) bond motifs is 1. The molecular formula is C18H15Cl3N2O2S2. The lowest BCUT2D eigenvalue weighted by molar-refractivity contribution is 0.601. The van der Waals surface area contributed by atoms with Crippen molar-refractivity contribution in [3.8, 4) is 0 Å². The van der Waals surface area contributed by atoms with Gasteiger partial charge in [0.1, 0.15) is 0 Å². The van der Waals surface area contributed by atoms with E-state index in [1.54, 1.807) is 23.9 Å². The van der Waals surface area contributed by atoms with Crippen molar-refractivity contribution < 1.29 is 8.42 Å². The number of hydrogen-bond acceptors (Lipinski definition) is 5. The molecule has 1 saturated heterocycles. The number of hydrogen-bond donors (Lipinski definition) is 0. The number of rotatable bonds is 3. The van der Waals surface area contributed by atoms with Crippen molar-refractivity contribution in [1.82, 2.24) is 0 Å². The van der Waals surface area contributed by atoms with Crippen molar-refractivity contribution in [3.63, 3.8) is 0 Å². The molecule has 2 aliphatic heterocycles. The van der Waals surface area contributed by atoms with Gasteiger partial charge in [-0.1, -0.05) is 58.7 Å². The number of thioether (sulfide) groups is 1. The molecule has 2 heterocycles. The summed E-state index contributed by atoms with van der Waals surface area (Å²) in [7, 11) is -3.08. The largest absolute Gasteiger partial charge is 0.315 e. The quantitative estimate of drug-likeness (QED) is 0.651. The van der Waals surface area contributed by atoms with Gasteiger partial charge in [-0.3, -0.25) is 4.99 Å². The molecule has 142 valence electrons. The number of amidine groups is 1. The average molecular weight is 462 g/mol. The van der Waals surface area contributed by atoms with Gasteiger partial charge < -0.3 is 4.90 Å². The zero-order chi connectivity index (χ0) is 19.2. The number of anilines is 1. The van der Waals surface area contributed by atoms with Crippen LogP contribution in [-0.4, -0.2) is 37.2 Å². The molecule has 0 saturated carbocycles. The lowest BCUT2D eigenvalue weighted by Gasteiger charge is -2.26. The van der Waals surface area contributed by atoms with Crippen LogP contribution in [-0.2, 0) is 15.6 Å². The first kappa shape index (κ1) is 19.4. The Balaban J connectivity index is 1.62. The summed E-state index contributed by atoms with van der Waals surface area (Å²) in [5.41, 5.74) is 1.88. The highest BCUT2D eigenvalue weighted by Crippen LogP contribution is 2.37. The topological polar surface area (TPSA) is 49.7 Å². The van der Waals surface area contributed by atoms with E-state index in [2.05, 4.69) is 0 Å². The zero-order valence-electron chi connectivity index (χ0n) is 14.0. The van der Waals surface area contributed by atoms with E-state index in [0.29, 0.717) is 20.8 Å². The summed E-state index contributed by atoms with van der Waals surface area (Å²) in [5.74, 6) is 0.842. The van der Waals surface area contributed by atoms with E-state index in [9.17, 15) is 8.42 Å². The van der Waals surface area contributed by atoms with Crippen molar-refractivity contribution >= 4 is 67.3 Å². The van der Waals surface area contributed by atoms with Crippen molar-refractivity contribution in [1.29, 1.82) is 0 Å². The first-order chi connectivity index (χ1) is 12.8. The molecule has 0 unspecified atom stereocenters. The Morgan fingerprint density at radius 1 is 1.07 bits per heavy atom. The number of sulfone groups is 1. The van der Waals surface area contributed by atoms with Gasteiger partial charge >= 0.3 is 0 Å². The van der Waals surface area contributed by atoms with Crippen molar-refractivity contribution in [2.45, 2.75) is 17.8 Å². The molecule has 0 aromatic heterocycles. The van der Waals surface area contributed by atoms with Crippen LogP contribution < -0.4 is 4.90 Å². The predicted octanol–water partition coefficient (Wildman–Crippen LogP) is 4.92. The molecule has 4 nitrogen and oxygen atoms in total. The van der Waals surface area contributed by atoms with E-state index >= 15 is 0 Å². The zero-order valence-corrected chi connectivity index (χ0v) is 17.9. The second-order valence-electron chi connectivity index (χ2n) is 6.51. The maximum atomic E-state index is 12.1. The van der Waals surface area contributed by atoms with E-state index in [1.807, 2.05) is 35.2 Å². The third-order valence-corrected chi connectivity index (χ3v) is 8.26. The Hall–Kier alpha value is -0.920. The molecule has 1 fully saturated rings. The number of nitrogens with zero attached hydrogens (tertiary/aromatic N) is 2. The second-order valence-corrected chi connectivity index (χ2v) is 10.9. The molecule has 0 radical (unpaired) electrons. The number of halogens is 3. The third kappa shape index (κ3) is 4.10. The van der Waals surface area contributed by atoms with Gasteiger partial charge in [-0.2, -0.15) is 0 Å². The van der Waals surface area contributed by atoms with Crippen LogP contribution in [0.5, 0.6) is 0 Å². The summed E-state index contributed by atoms with van der Waals surface area (Å²) in [6.45, 7) is 0. The molecule has 2 atom stereocenters. The molecule has 4 rings (SSSR count). The normalized spacial score (nSPS) is 23.4. The lowest BCUT2D eigenvalue weighted by Crippen LogP contribution is -2.39. The van der Waals surface area contributed by atoms with Crippen LogP contribution in [0.2, 0.25) is 15.1 Å². The highest BCUT2D eigenvalue weighted by Gasteiger charge is 2.47. The molecule has 0 aliphatic carbocycles. The SMILES string of the molecule is O=S1(=O)C[C@@H]2N=C(SCc3ccc(Cl)c(Cl)c3)N(c3cccc(Cl)c3)[C@@H]2C1. The minimum absolute atomic E-state index is 0.0889. The van der Waals surface area contributed by atoms with Crippen LogP contribution in [0, 0.1) is 0 Å². The molecule has 2 aromatic rings. The summed E-state index contributed by atoms with van der Waals surface area (Å²) < 4.78 is 24.2. The highest BCUT2D eigenvalue weighted by atomic mass is 35.5. The molecule has 2 aliphatic rings. The second kappa shape index (κ2) is 7.48. The first-order valence-electron chi connectivity index (χ1n) is 8.22. The van der Waals surface area contributed by atoms with Crippen molar-refractivity contribution in [2.75, 3.05) is 16.4 Å². The molecule has 0 amide bonds. The molecule has 0 spiro atoms. The summed E-state index contributed by atoms with van der Waals surface area (Å²) in [4.78, 5) is 6.72. The van der Waals surface area contributed by atoms with Gasteiger partial charge in [0.05, 0.1) is 33.6 Å². The van der Waals surface area contributed by atoms with Gasteiger partial charge in [-0.15, -0.1) is 0 Å². The Morgan fingerprint density at radius 3 is 2.63 bits per heavy atom.